The molecule has 4 N–H and O–H groups in total. The monoisotopic (exact) mass is 410 g/mol. The summed E-state index contributed by atoms with van der Waals surface area (Å²) in [5.41, 5.74) is 10.4. The highest BCUT2D eigenvalue weighted by Gasteiger charge is 2.32. The van der Waals surface area contributed by atoms with Gasteiger partial charge in [-0.25, -0.2) is 0 Å². The zero-order valence-corrected chi connectivity index (χ0v) is 19.0. The zero-order valence-electron chi connectivity index (χ0n) is 19.0. The minimum absolute atomic E-state index is 0.0404. The molecule has 2 aliphatic carbocycles. The summed E-state index contributed by atoms with van der Waals surface area (Å²) in [5, 5.41) is 3.94. The predicted octanol–water partition coefficient (Wildman–Crippen LogP) is 5.72. The van der Waals surface area contributed by atoms with Crippen LogP contribution in [0.3, 0.4) is 0 Å². The Balaban J connectivity index is 1.35. The van der Waals surface area contributed by atoms with E-state index in [1.807, 2.05) is 12.3 Å². The van der Waals surface area contributed by atoms with Crippen molar-refractivity contribution in [3.05, 3.63) is 30.1 Å². The third kappa shape index (κ3) is 5.85. The van der Waals surface area contributed by atoms with Gasteiger partial charge < -0.3 is 16.0 Å². The van der Waals surface area contributed by atoms with Crippen LogP contribution in [-0.2, 0) is 6.42 Å². The van der Waals surface area contributed by atoms with E-state index in [9.17, 15) is 0 Å². The van der Waals surface area contributed by atoms with E-state index in [-0.39, 0.29) is 5.54 Å². The fourth-order valence-corrected chi connectivity index (χ4v) is 6.12. The molecule has 4 heteroatoms. The molecule has 0 spiro atoms. The highest BCUT2D eigenvalue weighted by atomic mass is 14.9. The van der Waals surface area contributed by atoms with Crippen LogP contribution < -0.4 is 11.1 Å². The lowest BCUT2D eigenvalue weighted by Gasteiger charge is -2.38. The van der Waals surface area contributed by atoms with Crippen molar-refractivity contribution in [2.45, 2.75) is 102 Å². The smallest absolute Gasteiger partial charge is 0.0911 e. The van der Waals surface area contributed by atoms with Crippen molar-refractivity contribution in [1.82, 2.24) is 15.3 Å². The first-order chi connectivity index (χ1) is 14.6. The van der Waals surface area contributed by atoms with Gasteiger partial charge in [-0.2, -0.15) is 0 Å². The second-order valence-corrected chi connectivity index (χ2v) is 10.5. The van der Waals surface area contributed by atoms with Crippen LogP contribution in [-0.4, -0.2) is 28.1 Å². The second kappa shape index (κ2) is 10.3. The van der Waals surface area contributed by atoms with Crippen LogP contribution in [0.1, 0.15) is 89.5 Å². The van der Waals surface area contributed by atoms with Crippen molar-refractivity contribution < 1.29 is 0 Å². The number of nitrogens with zero attached hydrogens (tertiary/aromatic N) is 1. The summed E-state index contributed by atoms with van der Waals surface area (Å²) in [5.74, 6) is 1.67. The Morgan fingerprint density at radius 2 is 1.90 bits per heavy atom. The second-order valence-electron chi connectivity index (χ2n) is 10.5. The fraction of sp³-hybridized carbons (Fsp3) is 0.731. The molecule has 30 heavy (non-hydrogen) atoms. The van der Waals surface area contributed by atoms with Gasteiger partial charge in [0.05, 0.1) is 11.0 Å². The predicted molar refractivity (Wildman–Crippen MR) is 127 cm³/mol. The first kappa shape index (κ1) is 21.8. The topological polar surface area (TPSA) is 66.7 Å². The van der Waals surface area contributed by atoms with Crippen molar-refractivity contribution in [3.63, 3.8) is 0 Å². The number of aromatic amines is 1. The largest absolute Gasteiger partial charge is 0.360 e. The molecular formula is C26H42N4. The van der Waals surface area contributed by atoms with Gasteiger partial charge in [-0.3, -0.25) is 4.98 Å². The van der Waals surface area contributed by atoms with Crippen LogP contribution >= 0.6 is 0 Å². The summed E-state index contributed by atoms with van der Waals surface area (Å²) in [4.78, 5) is 7.93. The number of nitrogens with two attached hydrogens (primary N) is 1. The summed E-state index contributed by atoms with van der Waals surface area (Å²) in [6, 6.07) is 4.76. The van der Waals surface area contributed by atoms with Crippen LogP contribution in [0.4, 0.5) is 0 Å². The third-order valence-corrected chi connectivity index (χ3v) is 7.77. The number of nitrogens with one attached hydrogen (secondary N) is 2. The standard InChI is InChI=1S/C26H42N4/c1-26(27)14-7-3-5-10-21(18-26)20-9-4-2-6-11-23(17-20)28-16-13-22-19-30-24-12-8-15-29-25(22)24/h8,12,15,19-21,23,28,30H,2-7,9-11,13-14,16-18,27H2,1H3. The molecule has 0 saturated heterocycles. The van der Waals surface area contributed by atoms with Crippen LogP contribution in [0, 0.1) is 11.8 Å². The van der Waals surface area contributed by atoms with E-state index >= 15 is 0 Å². The zero-order chi connectivity index (χ0) is 20.8. The van der Waals surface area contributed by atoms with E-state index < -0.39 is 0 Å². The van der Waals surface area contributed by atoms with E-state index in [0.717, 1.165) is 35.8 Å². The van der Waals surface area contributed by atoms with E-state index in [1.54, 1.807) is 0 Å². The molecule has 0 aliphatic heterocycles. The van der Waals surface area contributed by atoms with Gasteiger partial charge >= 0.3 is 0 Å². The van der Waals surface area contributed by atoms with E-state index in [0.29, 0.717) is 6.04 Å². The molecule has 2 aliphatic rings. The molecule has 0 bridgehead atoms. The first-order valence-corrected chi connectivity index (χ1v) is 12.5. The number of fused-ring (bicyclic) bond motifs is 1. The molecule has 4 nitrogen and oxygen atoms in total. The highest BCUT2D eigenvalue weighted by molar-refractivity contribution is 5.78. The van der Waals surface area contributed by atoms with Crippen molar-refractivity contribution in [2.24, 2.45) is 17.6 Å². The van der Waals surface area contributed by atoms with Gasteiger partial charge in [0, 0.05) is 24.0 Å². The first-order valence-electron chi connectivity index (χ1n) is 12.5. The summed E-state index contributed by atoms with van der Waals surface area (Å²) >= 11 is 0. The van der Waals surface area contributed by atoms with Gasteiger partial charge in [0.25, 0.3) is 0 Å². The highest BCUT2D eigenvalue weighted by Crippen LogP contribution is 2.38. The minimum Gasteiger partial charge on any atom is -0.360 e. The minimum atomic E-state index is 0.0404. The number of rotatable bonds is 5. The number of H-pyrrole nitrogens is 1. The van der Waals surface area contributed by atoms with Crippen LogP contribution in [0.15, 0.2) is 24.5 Å². The molecule has 4 atom stereocenters. The summed E-state index contributed by atoms with van der Waals surface area (Å²) in [6.07, 6.45) is 21.3. The quantitative estimate of drug-likeness (QED) is 0.590. The average Bonchev–Trinajstić information content (AvgIpc) is 3.10. The number of pyridine rings is 1. The molecule has 2 saturated carbocycles. The number of hydrogen-bond acceptors (Lipinski definition) is 3. The molecule has 2 aromatic heterocycles. The molecule has 0 aromatic carbocycles. The maximum absolute atomic E-state index is 6.70. The Bertz CT molecular complexity index is 780. The van der Waals surface area contributed by atoms with Crippen molar-refractivity contribution in [1.29, 1.82) is 0 Å². The third-order valence-electron chi connectivity index (χ3n) is 7.77. The number of aromatic nitrogens is 2. The van der Waals surface area contributed by atoms with E-state index in [4.69, 9.17) is 5.73 Å². The Morgan fingerprint density at radius 1 is 1.10 bits per heavy atom. The van der Waals surface area contributed by atoms with Crippen molar-refractivity contribution in [3.8, 4) is 0 Å². The average molecular weight is 411 g/mol. The van der Waals surface area contributed by atoms with E-state index in [2.05, 4.69) is 34.5 Å². The van der Waals surface area contributed by atoms with E-state index in [1.165, 1.54) is 82.6 Å². The molecule has 4 unspecified atom stereocenters. The van der Waals surface area contributed by atoms with Crippen molar-refractivity contribution in [2.75, 3.05) is 6.54 Å². The molecule has 0 radical (unpaired) electrons. The summed E-state index contributed by atoms with van der Waals surface area (Å²) < 4.78 is 0. The van der Waals surface area contributed by atoms with Crippen LogP contribution in [0.2, 0.25) is 0 Å². The van der Waals surface area contributed by atoms with Crippen LogP contribution in [0.25, 0.3) is 11.0 Å². The fourth-order valence-electron chi connectivity index (χ4n) is 6.12. The van der Waals surface area contributed by atoms with Crippen molar-refractivity contribution >= 4 is 11.0 Å². The Hall–Kier alpha value is -1.39. The molecule has 4 rings (SSSR count). The molecule has 2 aromatic rings. The molecule has 0 amide bonds. The van der Waals surface area contributed by atoms with Gasteiger partial charge in [0.2, 0.25) is 0 Å². The maximum atomic E-state index is 6.70. The van der Waals surface area contributed by atoms with Gasteiger partial charge in [0.15, 0.2) is 0 Å². The normalized spacial score (nSPS) is 31.6. The van der Waals surface area contributed by atoms with Gasteiger partial charge in [-0.15, -0.1) is 0 Å². The Morgan fingerprint density at radius 3 is 2.80 bits per heavy atom. The Labute approximate surface area is 182 Å². The lowest BCUT2D eigenvalue weighted by molar-refractivity contribution is 0.165. The van der Waals surface area contributed by atoms with Gasteiger partial charge in [-0.1, -0.05) is 51.4 Å². The van der Waals surface area contributed by atoms with Crippen LogP contribution in [0.5, 0.6) is 0 Å². The summed E-state index contributed by atoms with van der Waals surface area (Å²) in [7, 11) is 0. The number of hydrogen-bond donors (Lipinski definition) is 3. The molecule has 166 valence electrons. The lowest BCUT2D eigenvalue weighted by atomic mass is 9.71. The van der Waals surface area contributed by atoms with Gasteiger partial charge in [-0.05, 0) is 75.1 Å². The molecule has 2 fully saturated rings. The SMILES string of the molecule is CC1(N)CCCCCC(C2CCCCCC(NCCc3c[nH]c4cccnc34)C2)C1. The summed E-state index contributed by atoms with van der Waals surface area (Å²) in [6.45, 7) is 3.35. The lowest BCUT2D eigenvalue weighted by Crippen LogP contribution is -2.42. The maximum Gasteiger partial charge on any atom is 0.0911 e. The van der Waals surface area contributed by atoms with Gasteiger partial charge in [0.1, 0.15) is 0 Å². The molecule has 2 heterocycles. The Kier molecular flexibility index (Phi) is 7.48. The molecular weight excluding hydrogens is 368 g/mol.